The molecule has 1 aromatic carbocycles. The summed E-state index contributed by atoms with van der Waals surface area (Å²) in [7, 11) is 0. The van der Waals surface area contributed by atoms with Crippen LogP contribution in [0.2, 0.25) is 0 Å². The van der Waals surface area contributed by atoms with Crippen LogP contribution in [0.25, 0.3) is 0 Å². The predicted octanol–water partition coefficient (Wildman–Crippen LogP) is 0.643. The highest BCUT2D eigenvalue weighted by atomic mass is 16.3. The van der Waals surface area contributed by atoms with Crippen LogP contribution < -0.4 is 11.2 Å². The van der Waals surface area contributed by atoms with Crippen molar-refractivity contribution in [2.24, 2.45) is 0 Å². The summed E-state index contributed by atoms with van der Waals surface area (Å²) < 4.78 is 0. The molecule has 0 saturated heterocycles. The highest BCUT2D eigenvalue weighted by Crippen LogP contribution is 2.16. The molecule has 0 spiro atoms. The van der Waals surface area contributed by atoms with E-state index < -0.39 is 5.43 Å². The third-order valence-electron chi connectivity index (χ3n) is 1.51. The standard InChI is InChI=1S/C8H9NO2/c1-5-3-2-4-6(10)8(11)7(5)9/h2-4H,1H3,(H3,9,10,11). The number of nitrogens with two attached hydrogens (primary N) is 1. The minimum Gasteiger partial charge on any atom is -0.503 e. The number of rotatable bonds is 0. The van der Waals surface area contributed by atoms with Crippen molar-refractivity contribution in [3.8, 4) is 5.75 Å². The Morgan fingerprint density at radius 1 is 1.45 bits per heavy atom. The van der Waals surface area contributed by atoms with E-state index in [2.05, 4.69) is 0 Å². The third kappa shape index (κ3) is 1.32. The van der Waals surface area contributed by atoms with Gasteiger partial charge in [0.25, 0.3) is 0 Å². The lowest BCUT2D eigenvalue weighted by atomic mass is 10.3. The van der Waals surface area contributed by atoms with E-state index in [9.17, 15) is 4.79 Å². The predicted molar refractivity (Wildman–Crippen MR) is 43.5 cm³/mol. The number of hydrogen-bond donors (Lipinski definition) is 2. The van der Waals surface area contributed by atoms with E-state index in [0.717, 1.165) is 0 Å². The van der Waals surface area contributed by atoms with E-state index >= 15 is 0 Å². The smallest absolute Gasteiger partial charge is 0.222 e. The summed E-state index contributed by atoms with van der Waals surface area (Å²) in [4.78, 5) is 10.9. The Hall–Kier alpha value is -1.51. The van der Waals surface area contributed by atoms with Gasteiger partial charge in [-0.1, -0.05) is 12.1 Å². The summed E-state index contributed by atoms with van der Waals surface area (Å²) in [5, 5.41) is 9.11. The van der Waals surface area contributed by atoms with Gasteiger partial charge in [0.05, 0.1) is 5.69 Å². The Bertz CT molecular complexity index is 333. The molecule has 0 fully saturated rings. The SMILES string of the molecule is Cc1cccc(=O)c(O)c1N. The van der Waals surface area contributed by atoms with E-state index in [4.69, 9.17) is 10.8 Å². The van der Waals surface area contributed by atoms with Crippen molar-refractivity contribution in [3.05, 3.63) is 34.0 Å². The maximum absolute atomic E-state index is 10.9. The molecule has 0 radical (unpaired) electrons. The number of nitrogen functional groups attached to an aromatic ring is 1. The second kappa shape index (κ2) is 2.62. The Kier molecular flexibility index (Phi) is 1.81. The molecule has 0 saturated carbocycles. The van der Waals surface area contributed by atoms with Gasteiger partial charge in [-0.15, -0.1) is 0 Å². The van der Waals surface area contributed by atoms with Crippen LogP contribution in [-0.2, 0) is 0 Å². The highest BCUT2D eigenvalue weighted by molar-refractivity contribution is 5.55. The Morgan fingerprint density at radius 3 is 2.73 bits per heavy atom. The van der Waals surface area contributed by atoms with Gasteiger partial charge in [0.2, 0.25) is 5.43 Å². The van der Waals surface area contributed by atoms with Crippen LogP contribution in [0.3, 0.4) is 0 Å². The average Bonchev–Trinajstić information content (AvgIpc) is 2.07. The fourth-order valence-corrected chi connectivity index (χ4v) is 0.768. The number of anilines is 1. The Labute approximate surface area is 64.1 Å². The molecule has 0 atom stereocenters. The molecule has 0 heterocycles. The molecule has 1 rings (SSSR count). The van der Waals surface area contributed by atoms with Crippen molar-refractivity contribution in [3.63, 3.8) is 0 Å². The molecule has 1 aromatic rings. The van der Waals surface area contributed by atoms with Crippen molar-refractivity contribution >= 4 is 5.69 Å². The van der Waals surface area contributed by atoms with Crippen LogP contribution in [-0.4, -0.2) is 5.11 Å². The number of aryl methyl sites for hydroxylation is 1. The zero-order chi connectivity index (χ0) is 8.43. The van der Waals surface area contributed by atoms with Crippen LogP contribution in [0.4, 0.5) is 5.69 Å². The molecule has 0 aliphatic rings. The van der Waals surface area contributed by atoms with E-state index in [1.165, 1.54) is 6.07 Å². The van der Waals surface area contributed by atoms with Crippen LogP contribution >= 0.6 is 0 Å². The first-order chi connectivity index (χ1) is 5.13. The molecule has 0 unspecified atom stereocenters. The monoisotopic (exact) mass is 151 g/mol. The van der Waals surface area contributed by atoms with Crippen LogP contribution in [0, 0.1) is 6.92 Å². The van der Waals surface area contributed by atoms with Gasteiger partial charge in [0.1, 0.15) is 0 Å². The minimum absolute atomic E-state index is 0.153. The summed E-state index contributed by atoms with van der Waals surface area (Å²) in [5.74, 6) is -0.368. The quantitative estimate of drug-likeness (QED) is 0.572. The van der Waals surface area contributed by atoms with Crippen LogP contribution in [0.5, 0.6) is 5.75 Å². The van der Waals surface area contributed by atoms with E-state index in [1.54, 1.807) is 19.1 Å². The first kappa shape index (κ1) is 7.60. The normalized spacial score (nSPS) is 9.55. The van der Waals surface area contributed by atoms with Gasteiger partial charge in [-0.05, 0) is 18.6 Å². The van der Waals surface area contributed by atoms with Gasteiger partial charge in [0.15, 0.2) is 5.75 Å². The van der Waals surface area contributed by atoms with Gasteiger partial charge in [-0.2, -0.15) is 0 Å². The first-order valence-corrected chi connectivity index (χ1v) is 3.21. The molecule has 11 heavy (non-hydrogen) atoms. The average molecular weight is 151 g/mol. The second-order valence-corrected chi connectivity index (χ2v) is 2.34. The Balaban J connectivity index is 3.62. The number of hydrogen-bond acceptors (Lipinski definition) is 3. The summed E-state index contributed by atoms with van der Waals surface area (Å²) in [6, 6.07) is 4.52. The lowest BCUT2D eigenvalue weighted by Gasteiger charge is -1.93. The third-order valence-corrected chi connectivity index (χ3v) is 1.51. The maximum atomic E-state index is 10.9. The van der Waals surface area contributed by atoms with Crippen molar-refractivity contribution in [1.29, 1.82) is 0 Å². The molecule has 58 valence electrons. The lowest BCUT2D eigenvalue weighted by molar-refractivity contribution is 0.473. The summed E-state index contributed by atoms with van der Waals surface area (Å²) >= 11 is 0. The van der Waals surface area contributed by atoms with Gasteiger partial charge in [-0.3, -0.25) is 4.79 Å². The molecule has 0 aromatic heterocycles. The van der Waals surface area contributed by atoms with Gasteiger partial charge < -0.3 is 10.8 Å². The highest BCUT2D eigenvalue weighted by Gasteiger charge is 2.00. The van der Waals surface area contributed by atoms with Gasteiger partial charge >= 0.3 is 0 Å². The van der Waals surface area contributed by atoms with E-state index in [0.29, 0.717) is 5.56 Å². The molecule has 3 nitrogen and oxygen atoms in total. The largest absolute Gasteiger partial charge is 0.503 e. The zero-order valence-electron chi connectivity index (χ0n) is 6.16. The fraction of sp³-hybridized carbons (Fsp3) is 0.125. The van der Waals surface area contributed by atoms with Crippen molar-refractivity contribution in [2.75, 3.05) is 5.73 Å². The molecular weight excluding hydrogens is 142 g/mol. The van der Waals surface area contributed by atoms with Gasteiger partial charge in [0, 0.05) is 0 Å². The van der Waals surface area contributed by atoms with Gasteiger partial charge in [-0.25, -0.2) is 0 Å². The summed E-state index contributed by atoms with van der Waals surface area (Å²) in [6.07, 6.45) is 0. The zero-order valence-corrected chi connectivity index (χ0v) is 6.16. The topological polar surface area (TPSA) is 63.3 Å². The molecule has 3 N–H and O–H groups in total. The molecular formula is C8H9NO2. The summed E-state index contributed by atoms with van der Waals surface area (Å²) in [5.41, 5.74) is 5.82. The number of aromatic hydroxyl groups is 1. The lowest BCUT2D eigenvalue weighted by Crippen LogP contribution is -1.97. The van der Waals surface area contributed by atoms with E-state index in [-0.39, 0.29) is 11.4 Å². The van der Waals surface area contributed by atoms with Crippen molar-refractivity contribution < 1.29 is 5.11 Å². The molecule has 0 aliphatic heterocycles. The molecule has 0 bridgehead atoms. The Morgan fingerprint density at radius 2 is 2.09 bits per heavy atom. The second-order valence-electron chi connectivity index (χ2n) is 2.34. The summed E-state index contributed by atoms with van der Waals surface area (Å²) in [6.45, 7) is 1.73. The molecule has 0 amide bonds. The molecule has 0 aliphatic carbocycles. The maximum Gasteiger partial charge on any atom is 0.222 e. The van der Waals surface area contributed by atoms with Crippen LogP contribution in [0.1, 0.15) is 5.56 Å². The first-order valence-electron chi connectivity index (χ1n) is 3.21. The van der Waals surface area contributed by atoms with Crippen LogP contribution in [0.15, 0.2) is 23.0 Å². The van der Waals surface area contributed by atoms with Crippen molar-refractivity contribution in [1.82, 2.24) is 0 Å². The minimum atomic E-state index is -0.449. The fourth-order valence-electron chi connectivity index (χ4n) is 0.768. The molecule has 3 heteroatoms. The van der Waals surface area contributed by atoms with Crippen molar-refractivity contribution in [2.45, 2.75) is 6.92 Å². The van der Waals surface area contributed by atoms with E-state index in [1.807, 2.05) is 0 Å².